The van der Waals surface area contributed by atoms with Crippen LogP contribution in [0.25, 0.3) is 0 Å². The maximum atomic E-state index is 5.94. The summed E-state index contributed by atoms with van der Waals surface area (Å²) < 4.78 is 5.94. The smallest absolute Gasteiger partial charge is 0.122 e. The predicted octanol–water partition coefficient (Wildman–Crippen LogP) is 4.50. The molecule has 0 spiro atoms. The highest BCUT2D eigenvalue weighted by Gasteiger charge is 2.24. The van der Waals surface area contributed by atoms with Crippen LogP contribution in [0, 0.1) is 0 Å². The van der Waals surface area contributed by atoms with Crippen molar-refractivity contribution in [1.82, 2.24) is 5.32 Å². The molecule has 2 heteroatoms. The summed E-state index contributed by atoms with van der Waals surface area (Å²) in [5, 5.41) is 3.69. The van der Waals surface area contributed by atoms with Crippen LogP contribution in [0.3, 0.4) is 0 Å². The van der Waals surface area contributed by atoms with E-state index in [1.54, 1.807) is 0 Å². The minimum absolute atomic E-state index is 0.658. The summed E-state index contributed by atoms with van der Waals surface area (Å²) in [5.74, 6) is 1.77. The highest BCUT2D eigenvalue weighted by Crippen LogP contribution is 2.37. The van der Waals surface area contributed by atoms with Crippen molar-refractivity contribution < 1.29 is 4.74 Å². The minimum Gasteiger partial charge on any atom is -0.493 e. The number of ether oxygens (including phenoxy) is 1. The van der Waals surface area contributed by atoms with Crippen LogP contribution in [0.15, 0.2) is 24.3 Å². The highest BCUT2D eigenvalue weighted by atomic mass is 16.5. The molecule has 1 aromatic rings. The van der Waals surface area contributed by atoms with Gasteiger partial charge >= 0.3 is 0 Å². The molecule has 112 valence electrons. The quantitative estimate of drug-likeness (QED) is 0.791. The van der Waals surface area contributed by atoms with E-state index >= 15 is 0 Å². The molecule has 0 bridgehead atoms. The van der Waals surface area contributed by atoms with Gasteiger partial charge in [-0.05, 0) is 56.2 Å². The number of nitrogens with one attached hydrogen (secondary N) is 1. The molecule has 2 unspecified atom stereocenters. The second-order valence-corrected chi connectivity index (χ2v) is 5.90. The Balaban J connectivity index is 2.02. The molecular weight excluding hydrogens is 246 g/mol. The lowest BCUT2D eigenvalue weighted by Crippen LogP contribution is -2.34. The third-order valence-electron chi connectivity index (χ3n) is 4.18. The van der Waals surface area contributed by atoms with Gasteiger partial charge in [0, 0.05) is 6.04 Å². The van der Waals surface area contributed by atoms with E-state index in [2.05, 4.69) is 43.4 Å². The van der Waals surface area contributed by atoms with Crippen molar-refractivity contribution in [2.45, 2.75) is 64.3 Å². The van der Waals surface area contributed by atoms with Crippen LogP contribution in [-0.4, -0.2) is 19.2 Å². The van der Waals surface area contributed by atoms with Gasteiger partial charge in [0.2, 0.25) is 0 Å². The standard InChI is InChI=1S/C18H29NO/c1-3-12-19-16-9-7-8-15(14-16)17-10-5-6-11-18(17)20-13-4-2/h5-6,10-11,15-16,19H,3-4,7-9,12-14H2,1-2H3. The Morgan fingerprint density at radius 3 is 2.80 bits per heavy atom. The second kappa shape index (κ2) is 8.31. The van der Waals surface area contributed by atoms with Crippen LogP contribution in [0.5, 0.6) is 5.75 Å². The molecule has 0 amide bonds. The first-order valence-electron chi connectivity index (χ1n) is 8.30. The van der Waals surface area contributed by atoms with E-state index in [1.807, 2.05) is 0 Å². The number of hydrogen-bond acceptors (Lipinski definition) is 2. The van der Waals surface area contributed by atoms with Crippen LogP contribution < -0.4 is 10.1 Å². The van der Waals surface area contributed by atoms with Crippen molar-refractivity contribution in [2.24, 2.45) is 0 Å². The van der Waals surface area contributed by atoms with Gasteiger partial charge in [-0.1, -0.05) is 38.5 Å². The molecule has 20 heavy (non-hydrogen) atoms. The van der Waals surface area contributed by atoms with Gasteiger partial charge in [-0.2, -0.15) is 0 Å². The Kier molecular flexibility index (Phi) is 6.38. The SMILES string of the molecule is CCCNC1CCCC(c2ccccc2OCCC)C1. The summed E-state index contributed by atoms with van der Waals surface area (Å²) >= 11 is 0. The fourth-order valence-corrected chi connectivity index (χ4v) is 3.17. The third kappa shape index (κ3) is 4.24. The average Bonchev–Trinajstić information content (AvgIpc) is 2.51. The van der Waals surface area contributed by atoms with Gasteiger partial charge < -0.3 is 10.1 Å². The number of benzene rings is 1. The Morgan fingerprint density at radius 2 is 2.00 bits per heavy atom. The molecule has 1 aromatic carbocycles. The normalized spacial score (nSPS) is 22.7. The van der Waals surface area contributed by atoms with Crippen molar-refractivity contribution in [3.63, 3.8) is 0 Å². The summed E-state index contributed by atoms with van der Waals surface area (Å²) in [4.78, 5) is 0. The molecule has 0 radical (unpaired) electrons. The van der Waals surface area contributed by atoms with Gasteiger partial charge in [-0.3, -0.25) is 0 Å². The third-order valence-corrected chi connectivity index (χ3v) is 4.18. The Morgan fingerprint density at radius 1 is 1.15 bits per heavy atom. The predicted molar refractivity (Wildman–Crippen MR) is 85.5 cm³/mol. The van der Waals surface area contributed by atoms with Crippen molar-refractivity contribution in [3.8, 4) is 5.75 Å². The topological polar surface area (TPSA) is 21.3 Å². The van der Waals surface area contributed by atoms with E-state index in [0.29, 0.717) is 12.0 Å². The average molecular weight is 275 g/mol. The van der Waals surface area contributed by atoms with Crippen LogP contribution in [0.2, 0.25) is 0 Å². The molecule has 0 aliphatic heterocycles. The van der Waals surface area contributed by atoms with E-state index in [0.717, 1.165) is 25.3 Å². The van der Waals surface area contributed by atoms with Gasteiger partial charge in [0.05, 0.1) is 6.61 Å². The molecule has 1 saturated carbocycles. The van der Waals surface area contributed by atoms with Crippen molar-refractivity contribution in [1.29, 1.82) is 0 Å². The van der Waals surface area contributed by atoms with Gasteiger partial charge in [-0.15, -0.1) is 0 Å². The monoisotopic (exact) mass is 275 g/mol. The Bertz CT molecular complexity index is 391. The van der Waals surface area contributed by atoms with Crippen molar-refractivity contribution in [2.75, 3.05) is 13.2 Å². The largest absolute Gasteiger partial charge is 0.493 e. The number of hydrogen-bond donors (Lipinski definition) is 1. The Labute approximate surface area is 123 Å². The zero-order chi connectivity index (χ0) is 14.2. The van der Waals surface area contributed by atoms with E-state index in [9.17, 15) is 0 Å². The van der Waals surface area contributed by atoms with E-state index in [1.165, 1.54) is 37.7 Å². The number of rotatable bonds is 7. The number of para-hydroxylation sites is 1. The molecule has 1 aliphatic carbocycles. The molecule has 0 heterocycles. The van der Waals surface area contributed by atoms with Gasteiger partial charge in [0.25, 0.3) is 0 Å². The first-order chi connectivity index (χ1) is 9.85. The molecule has 0 saturated heterocycles. The Hall–Kier alpha value is -1.02. The minimum atomic E-state index is 0.658. The maximum absolute atomic E-state index is 5.94. The summed E-state index contributed by atoms with van der Waals surface area (Å²) in [6.45, 7) is 6.36. The van der Waals surface area contributed by atoms with Gasteiger partial charge in [0.1, 0.15) is 5.75 Å². The van der Waals surface area contributed by atoms with Crippen molar-refractivity contribution >= 4 is 0 Å². The summed E-state index contributed by atoms with van der Waals surface area (Å²) in [5.41, 5.74) is 1.42. The van der Waals surface area contributed by atoms with Gasteiger partial charge in [-0.25, -0.2) is 0 Å². The molecule has 1 fully saturated rings. The van der Waals surface area contributed by atoms with Crippen molar-refractivity contribution in [3.05, 3.63) is 29.8 Å². The first-order valence-corrected chi connectivity index (χ1v) is 8.30. The lowest BCUT2D eigenvalue weighted by Gasteiger charge is -2.31. The van der Waals surface area contributed by atoms with Gasteiger partial charge in [0.15, 0.2) is 0 Å². The van der Waals surface area contributed by atoms with Crippen LogP contribution in [-0.2, 0) is 0 Å². The zero-order valence-electron chi connectivity index (χ0n) is 13.0. The molecule has 0 aromatic heterocycles. The van der Waals surface area contributed by atoms with E-state index < -0.39 is 0 Å². The zero-order valence-corrected chi connectivity index (χ0v) is 13.0. The van der Waals surface area contributed by atoms with Crippen LogP contribution >= 0.6 is 0 Å². The van der Waals surface area contributed by atoms with Crippen LogP contribution in [0.1, 0.15) is 63.9 Å². The van der Waals surface area contributed by atoms with E-state index in [-0.39, 0.29) is 0 Å². The molecular formula is C18H29NO. The molecule has 2 rings (SSSR count). The molecule has 1 N–H and O–H groups in total. The fraction of sp³-hybridized carbons (Fsp3) is 0.667. The summed E-state index contributed by atoms with van der Waals surface area (Å²) in [6.07, 6.45) is 7.50. The van der Waals surface area contributed by atoms with Crippen LogP contribution in [0.4, 0.5) is 0 Å². The molecule has 1 aliphatic rings. The second-order valence-electron chi connectivity index (χ2n) is 5.90. The highest BCUT2D eigenvalue weighted by molar-refractivity contribution is 5.36. The summed E-state index contributed by atoms with van der Waals surface area (Å²) in [6, 6.07) is 9.32. The summed E-state index contributed by atoms with van der Waals surface area (Å²) in [7, 11) is 0. The molecule has 2 nitrogen and oxygen atoms in total. The first kappa shape index (κ1) is 15.4. The molecule has 2 atom stereocenters. The maximum Gasteiger partial charge on any atom is 0.122 e. The van der Waals surface area contributed by atoms with E-state index in [4.69, 9.17) is 4.74 Å². The lowest BCUT2D eigenvalue weighted by atomic mass is 9.81. The lowest BCUT2D eigenvalue weighted by molar-refractivity contribution is 0.298. The fourth-order valence-electron chi connectivity index (χ4n) is 3.17.